The van der Waals surface area contributed by atoms with Gasteiger partial charge in [-0.25, -0.2) is 4.39 Å². The molecule has 1 aliphatic heterocycles. The zero-order valence-electron chi connectivity index (χ0n) is 10.7. The monoisotopic (exact) mass is 325 g/mol. The van der Waals surface area contributed by atoms with Gasteiger partial charge in [-0.15, -0.1) is 0 Å². The standard InChI is InChI=1S/C15H17BrFNO/c16-12-4-2-11(14(17)8-12)3-6-15(19)18-9-10-1-5-13(18)7-10/h2,4,8,10,13H,1,3,5-7,9H2. The van der Waals surface area contributed by atoms with Crippen molar-refractivity contribution in [2.24, 2.45) is 5.92 Å². The molecule has 1 saturated carbocycles. The molecule has 0 radical (unpaired) electrons. The zero-order chi connectivity index (χ0) is 13.4. The first-order valence-corrected chi connectivity index (χ1v) is 7.66. The molecule has 0 aromatic heterocycles. The van der Waals surface area contributed by atoms with Crippen molar-refractivity contribution in [2.45, 2.75) is 38.1 Å². The Hall–Kier alpha value is -0.900. The number of carbonyl (C=O) groups is 1. The van der Waals surface area contributed by atoms with Crippen molar-refractivity contribution in [1.82, 2.24) is 4.90 Å². The number of likely N-dealkylation sites (tertiary alicyclic amines) is 1. The second kappa shape index (κ2) is 5.23. The Bertz CT molecular complexity index is 505. The quantitative estimate of drug-likeness (QED) is 0.832. The maximum absolute atomic E-state index is 13.7. The summed E-state index contributed by atoms with van der Waals surface area (Å²) in [6.07, 6.45) is 4.52. The highest BCUT2D eigenvalue weighted by Gasteiger charge is 2.39. The van der Waals surface area contributed by atoms with Gasteiger partial charge in [-0.05, 0) is 49.3 Å². The molecule has 0 spiro atoms. The first-order chi connectivity index (χ1) is 9.13. The van der Waals surface area contributed by atoms with Crippen LogP contribution in [-0.4, -0.2) is 23.4 Å². The summed E-state index contributed by atoms with van der Waals surface area (Å²) in [5, 5.41) is 0. The molecule has 2 atom stereocenters. The first-order valence-electron chi connectivity index (χ1n) is 6.87. The van der Waals surface area contributed by atoms with Gasteiger partial charge >= 0.3 is 0 Å². The van der Waals surface area contributed by atoms with E-state index in [1.165, 1.54) is 18.9 Å². The van der Waals surface area contributed by atoms with Crippen LogP contribution in [-0.2, 0) is 11.2 Å². The molecule has 2 aliphatic rings. The maximum atomic E-state index is 13.7. The number of rotatable bonds is 3. The lowest BCUT2D eigenvalue weighted by atomic mass is 10.1. The van der Waals surface area contributed by atoms with E-state index in [1.54, 1.807) is 6.07 Å². The molecular formula is C15H17BrFNO. The minimum atomic E-state index is -0.231. The van der Waals surface area contributed by atoms with Crippen LogP contribution >= 0.6 is 15.9 Å². The number of benzene rings is 1. The van der Waals surface area contributed by atoms with Crippen LogP contribution in [0.15, 0.2) is 22.7 Å². The molecule has 1 aromatic carbocycles. The van der Waals surface area contributed by atoms with Crippen LogP contribution in [0.2, 0.25) is 0 Å². The average Bonchev–Trinajstić information content (AvgIpc) is 2.99. The average molecular weight is 326 g/mol. The SMILES string of the molecule is O=C(CCc1ccc(Br)cc1F)N1CC2CCC1C2. The number of halogens is 2. The zero-order valence-corrected chi connectivity index (χ0v) is 12.3. The molecule has 1 amide bonds. The number of amides is 1. The molecule has 1 aliphatic carbocycles. The summed E-state index contributed by atoms with van der Waals surface area (Å²) in [5.41, 5.74) is 0.626. The van der Waals surface area contributed by atoms with E-state index >= 15 is 0 Å². The number of nitrogens with zero attached hydrogens (tertiary/aromatic N) is 1. The second-order valence-corrected chi connectivity index (χ2v) is 6.53. The lowest BCUT2D eigenvalue weighted by Gasteiger charge is -2.27. The summed E-state index contributed by atoms with van der Waals surface area (Å²) >= 11 is 3.24. The highest BCUT2D eigenvalue weighted by Crippen LogP contribution is 2.37. The summed E-state index contributed by atoms with van der Waals surface area (Å²) in [6, 6.07) is 5.49. The molecule has 1 heterocycles. The molecule has 2 unspecified atom stereocenters. The number of carbonyl (C=O) groups excluding carboxylic acids is 1. The largest absolute Gasteiger partial charge is 0.339 e. The molecule has 102 valence electrons. The number of hydrogen-bond donors (Lipinski definition) is 0. The fourth-order valence-corrected chi connectivity index (χ4v) is 3.67. The van der Waals surface area contributed by atoms with E-state index in [4.69, 9.17) is 0 Å². The van der Waals surface area contributed by atoms with Gasteiger partial charge in [0, 0.05) is 23.5 Å². The van der Waals surface area contributed by atoms with Gasteiger partial charge in [0.1, 0.15) is 5.82 Å². The number of aryl methyl sites for hydroxylation is 1. The van der Waals surface area contributed by atoms with Crippen molar-refractivity contribution in [1.29, 1.82) is 0 Å². The molecular weight excluding hydrogens is 309 g/mol. The number of fused-ring (bicyclic) bond motifs is 2. The lowest BCUT2D eigenvalue weighted by Crippen LogP contribution is -2.37. The molecule has 2 fully saturated rings. The fraction of sp³-hybridized carbons (Fsp3) is 0.533. The first kappa shape index (κ1) is 13.1. The van der Waals surface area contributed by atoms with E-state index in [0.29, 0.717) is 24.4 Å². The van der Waals surface area contributed by atoms with Gasteiger partial charge in [0.05, 0.1) is 0 Å². The van der Waals surface area contributed by atoms with E-state index in [1.807, 2.05) is 11.0 Å². The van der Waals surface area contributed by atoms with Crippen molar-refractivity contribution >= 4 is 21.8 Å². The minimum absolute atomic E-state index is 0.189. The smallest absolute Gasteiger partial charge is 0.223 e. The number of hydrogen-bond acceptors (Lipinski definition) is 1. The minimum Gasteiger partial charge on any atom is -0.339 e. The predicted octanol–water partition coefficient (Wildman–Crippen LogP) is 3.53. The van der Waals surface area contributed by atoms with Gasteiger partial charge in [-0.3, -0.25) is 4.79 Å². The Kier molecular flexibility index (Phi) is 3.61. The Morgan fingerprint density at radius 1 is 1.42 bits per heavy atom. The lowest BCUT2D eigenvalue weighted by molar-refractivity contribution is -0.132. The molecule has 4 heteroatoms. The van der Waals surface area contributed by atoms with Crippen molar-refractivity contribution in [2.75, 3.05) is 6.54 Å². The van der Waals surface area contributed by atoms with Crippen LogP contribution in [0.4, 0.5) is 4.39 Å². The highest BCUT2D eigenvalue weighted by molar-refractivity contribution is 9.10. The Labute approximate surface area is 121 Å². The molecule has 0 N–H and O–H groups in total. The third kappa shape index (κ3) is 2.69. The number of piperidine rings is 1. The second-order valence-electron chi connectivity index (χ2n) is 5.61. The van der Waals surface area contributed by atoms with Crippen molar-refractivity contribution in [3.05, 3.63) is 34.1 Å². The van der Waals surface area contributed by atoms with Crippen LogP contribution in [0, 0.1) is 11.7 Å². The Morgan fingerprint density at radius 2 is 2.26 bits per heavy atom. The van der Waals surface area contributed by atoms with Crippen LogP contribution in [0.25, 0.3) is 0 Å². The molecule has 1 saturated heterocycles. The Balaban J connectivity index is 1.58. The normalized spacial score (nSPS) is 25.1. The van der Waals surface area contributed by atoms with E-state index < -0.39 is 0 Å². The summed E-state index contributed by atoms with van der Waals surface area (Å²) < 4.78 is 14.4. The van der Waals surface area contributed by atoms with Crippen LogP contribution < -0.4 is 0 Å². The predicted molar refractivity (Wildman–Crippen MR) is 75.3 cm³/mol. The van der Waals surface area contributed by atoms with Crippen molar-refractivity contribution in [3.63, 3.8) is 0 Å². The van der Waals surface area contributed by atoms with Gasteiger partial charge in [0.25, 0.3) is 0 Å². The van der Waals surface area contributed by atoms with Crippen molar-refractivity contribution in [3.8, 4) is 0 Å². The fourth-order valence-electron chi connectivity index (χ4n) is 3.34. The van der Waals surface area contributed by atoms with Crippen LogP contribution in [0.1, 0.15) is 31.2 Å². The molecule has 2 nitrogen and oxygen atoms in total. The third-order valence-corrected chi connectivity index (χ3v) is 4.85. The topological polar surface area (TPSA) is 20.3 Å². The van der Waals surface area contributed by atoms with Crippen LogP contribution in [0.5, 0.6) is 0 Å². The van der Waals surface area contributed by atoms with Gasteiger partial charge < -0.3 is 4.90 Å². The van der Waals surface area contributed by atoms with Gasteiger partial charge in [0.15, 0.2) is 0 Å². The van der Waals surface area contributed by atoms with E-state index in [0.717, 1.165) is 23.4 Å². The summed E-state index contributed by atoms with van der Waals surface area (Å²) in [6.45, 7) is 0.923. The summed E-state index contributed by atoms with van der Waals surface area (Å²) in [4.78, 5) is 14.2. The van der Waals surface area contributed by atoms with Gasteiger partial charge in [0.2, 0.25) is 5.91 Å². The molecule has 19 heavy (non-hydrogen) atoms. The van der Waals surface area contributed by atoms with Gasteiger partial charge in [-0.2, -0.15) is 0 Å². The third-order valence-electron chi connectivity index (χ3n) is 4.35. The molecule has 2 bridgehead atoms. The van der Waals surface area contributed by atoms with Crippen molar-refractivity contribution < 1.29 is 9.18 Å². The van der Waals surface area contributed by atoms with E-state index in [-0.39, 0.29) is 11.7 Å². The van der Waals surface area contributed by atoms with Crippen LogP contribution in [0.3, 0.4) is 0 Å². The van der Waals surface area contributed by atoms with Gasteiger partial charge in [-0.1, -0.05) is 22.0 Å². The molecule has 3 rings (SSSR count). The Morgan fingerprint density at radius 3 is 2.89 bits per heavy atom. The van der Waals surface area contributed by atoms with E-state index in [9.17, 15) is 9.18 Å². The maximum Gasteiger partial charge on any atom is 0.223 e. The van der Waals surface area contributed by atoms with E-state index in [2.05, 4.69) is 15.9 Å². The molecule has 1 aromatic rings. The highest BCUT2D eigenvalue weighted by atomic mass is 79.9. The summed E-state index contributed by atoms with van der Waals surface area (Å²) in [5.74, 6) is 0.679. The summed E-state index contributed by atoms with van der Waals surface area (Å²) in [7, 11) is 0.